The van der Waals surface area contributed by atoms with Gasteiger partial charge in [0.05, 0.1) is 24.9 Å². The molecule has 1 aliphatic heterocycles. The van der Waals surface area contributed by atoms with Gasteiger partial charge in [0.15, 0.2) is 11.5 Å². The van der Waals surface area contributed by atoms with Gasteiger partial charge in [0, 0.05) is 38.4 Å². The molecule has 1 N–H and O–H groups in total. The lowest BCUT2D eigenvalue weighted by atomic mass is 10.1. The van der Waals surface area contributed by atoms with Crippen LogP contribution in [-0.2, 0) is 11.8 Å². The lowest BCUT2D eigenvalue weighted by molar-refractivity contribution is 0.0757. The van der Waals surface area contributed by atoms with Crippen molar-refractivity contribution in [2.24, 2.45) is 7.05 Å². The summed E-state index contributed by atoms with van der Waals surface area (Å²) in [7, 11) is 1.81. The van der Waals surface area contributed by atoms with Crippen molar-refractivity contribution in [3.05, 3.63) is 30.0 Å². The number of aromatic nitrogens is 2. The summed E-state index contributed by atoms with van der Waals surface area (Å²) >= 11 is 0. The highest BCUT2D eigenvalue weighted by Crippen LogP contribution is 2.34. The van der Waals surface area contributed by atoms with Crippen molar-refractivity contribution in [2.45, 2.75) is 32.8 Å². The van der Waals surface area contributed by atoms with Crippen molar-refractivity contribution < 1.29 is 19.0 Å². The molecule has 0 atom stereocenters. The predicted molar refractivity (Wildman–Crippen MR) is 102 cm³/mol. The molecule has 1 aliphatic rings. The van der Waals surface area contributed by atoms with Crippen LogP contribution in [0.15, 0.2) is 24.4 Å². The van der Waals surface area contributed by atoms with E-state index in [1.165, 1.54) is 0 Å². The molecule has 1 amide bonds. The van der Waals surface area contributed by atoms with Crippen LogP contribution in [-0.4, -0.2) is 48.2 Å². The first-order chi connectivity index (χ1) is 13.0. The third kappa shape index (κ3) is 5.01. The van der Waals surface area contributed by atoms with E-state index >= 15 is 0 Å². The van der Waals surface area contributed by atoms with E-state index in [2.05, 4.69) is 10.4 Å². The first-order valence-electron chi connectivity index (χ1n) is 9.38. The summed E-state index contributed by atoms with van der Waals surface area (Å²) in [6.07, 6.45) is 3.55. The summed E-state index contributed by atoms with van der Waals surface area (Å²) in [5.74, 6) is 1.27. The Bertz CT molecular complexity index is 786. The fraction of sp³-hybridized carbons (Fsp3) is 0.500. The summed E-state index contributed by atoms with van der Waals surface area (Å²) < 4.78 is 18.6. The number of benzene rings is 1. The molecule has 27 heavy (non-hydrogen) atoms. The molecular formula is C20H27N3O4. The van der Waals surface area contributed by atoms with Gasteiger partial charge in [-0.3, -0.25) is 9.48 Å². The van der Waals surface area contributed by atoms with E-state index in [0.717, 1.165) is 24.2 Å². The average molecular weight is 373 g/mol. The van der Waals surface area contributed by atoms with E-state index in [9.17, 15) is 4.79 Å². The molecule has 1 aromatic heterocycles. The molecular weight excluding hydrogens is 346 g/mol. The number of amides is 1. The summed E-state index contributed by atoms with van der Waals surface area (Å²) in [4.78, 5) is 12.6. The average Bonchev–Trinajstić information content (AvgIpc) is 2.88. The maximum absolute atomic E-state index is 12.6. The third-order valence-corrected chi connectivity index (χ3v) is 4.15. The van der Waals surface area contributed by atoms with Crippen LogP contribution in [0.3, 0.4) is 0 Å². The predicted octanol–water partition coefficient (Wildman–Crippen LogP) is 2.79. The zero-order chi connectivity index (χ0) is 19.2. The van der Waals surface area contributed by atoms with Gasteiger partial charge in [0.2, 0.25) is 0 Å². The molecule has 146 valence electrons. The first-order valence-corrected chi connectivity index (χ1v) is 9.38. The van der Waals surface area contributed by atoms with Gasteiger partial charge in [-0.25, -0.2) is 0 Å². The summed E-state index contributed by atoms with van der Waals surface area (Å²) in [6.45, 7) is 6.43. The molecule has 2 heterocycles. The number of fused-ring (bicyclic) bond motifs is 1. The van der Waals surface area contributed by atoms with E-state index in [0.29, 0.717) is 43.4 Å². The SMILES string of the molecule is CC(C)OCCCNC(=O)c1cn(C)nc1-c1ccc2c(c1)OCCCO2. The van der Waals surface area contributed by atoms with Crippen molar-refractivity contribution in [1.82, 2.24) is 15.1 Å². The van der Waals surface area contributed by atoms with Crippen molar-refractivity contribution in [3.63, 3.8) is 0 Å². The first kappa shape index (κ1) is 19.2. The smallest absolute Gasteiger partial charge is 0.255 e. The van der Waals surface area contributed by atoms with Crippen molar-refractivity contribution in [3.8, 4) is 22.8 Å². The summed E-state index contributed by atoms with van der Waals surface area (Å²) in [5.41, 5.74) is 1.99. The molecule has 7 heteroatoms. The van der Waals surface area contributed by atoms with Crippen molar-refractivity contribution >= 4 is 5.91 Å². The summed E-state index contributed by atoms with van der Waals surface area (Å²) in [6, 6.07) is 5.66. The maximum Gasteiger partial charge on any atom is 0.255 e. The second-order valence-electron chi connectivity index (χ2n) is 6.81. The highest BCUT2D eigenvalue weighted by molar-refractivity contribution is 5.99. The van der Waals surface area contributed by atoms with Gasteiger partial charge in [-0.15, -0.1) is 0 Å². The molecule has 0 fully saturated rings. The molecule has 0 aliphatic carbocycles. The van der Waals surface area contributed by atoms with E-state index in [-0.39, 0.29) is 12.0 Å². The number of carbonyl (C=O) groups is 1. The van der Waals surface area contributed by atoms with Crippen LogP contribution in [0.2, 0.25) is 0 Å². The van der Waals surface area contributed by atoms with Crippen molar-refractivity contribution in [2.75, 3.05) is 26.4 Å². The number of aryl methyl sites for hydroxylation is 1. The number of hydrogen-bond donors (Lipinski definition) is 1. The largest absolute Gasteiger partial charge is 0.490 e. The highest BCUT2D eigenvalue weighted by Gasteiger charge is 2.19. The second-order valence-corrected chi connectivity index (χ2v) is 6.81. The fourth-order valence-electron chi connectivity index (χ4n) is 2.87. The topological polar surface area (TPSA) is 74.6 Å². The number of hydrogen-bond acceptors (Lipinski definition) is 5. The molecule has 1 aromatic carbocycles. The molecule has 7 nitrogen and oxygen atoms in total. The fourth-order valence-corrected chi connectivity index (χ4v) is 2.87. The number of nitrogens with one attached hydrogen (secondary N) is 1. The Balaban J connectivity index is 1.72. The molecule has 0 bridgehead atoms. The Labute approximate surface area is 159 Å². The molecule has 3 rings (SSSR count). The molecule has 0 spiro atoms. The minimum absolute atomic E-state index is 0.144. The van der Waals surface area contributed by atoms with Crippen LogP contribution < -0.4 is 14.8 Å². The number of rotatable bonds is 7. The Morgan fingerprint density at radius 3 is 2.85 bits per heavy atom. The van der Waals surface area contributed by atoms with Crippen LogP contribution in [0.5, 0.6) is 11.5 Å². The molecule has 2 aromatic rings. The van der Waals surface area contributed by atoms with Gasteiger partial charge < -0.3 is 19.5 Å². The zero-order valence-electron chi connectivity index (χ0n) is 16.2. The Morgan fingerprint density at radius 2 is 2.07 bits per heavy atom. The van der Waals surface area contributed by atoms with E-state index in [1.54, 1.807) is 17.9 Å². The molecule has 0 saturated heterocycles. The van der Waals surface area contributed by atoms with Gasteiger partial charge in [-0.2, -0.15) is 5.10 Å². The van der Waals surface area contributed by atoms with Gasteiger partial charge in [-0.05, 0) is 38.5 Å². The van der Waals surface area contributed by atoms with Gasteiger partial charge >= 0.3 is 0 Å². The third-order valence-electron chi connectivity index (χ3n) is 4.15. The Morgan fingerprint density at radius 1 is 1.30 bits per heavy atom. The monoisotopic (exact) mass is 373 g/mol. The van der Waals surface area contributed by atoms with E-state index in [1.807, 2.05) is 32.0 Å². The van der Waals surface area contributed by atoms with Crippen LogP contribution >= 0.6 is 0 Å². The lowest BCUT2D eigenvalue weighted by Gasteiger charge is -2.10. The number of ether oxygens (including phenoxy) is 3. The van der Waals surface area contributed by atoms with Gasteiger partial charge in [0.25, 0.3) is 5.91 Å². The van der Waals surface area contributed by atoms with Gasteiger partial charge in [0.1, 0.15) is 5.69 Å². The standard InChI is InChI=1S/C20H27N3O4/c1-14(2)25-9-4-8-21-20(24)16-13-23(3)22-19(16)15-6-7-17-18(12-15)27-11-5-10-26-17/h6-7,12-14H,4-5,8-11H2,1-3H3,(H,21,24). The minimum Gasteiger partial charge on any atom is -0.490 e. The van der Waals surface area contributed by atoms with Gasteiger partial charge in [-0.1, -0.05) is 0 Å². The van der Waals surface area contributed by atoms with E-state index < -0.39 is 0 Å². The van der Waals surface area contributed by atoms with Crippen LogP contribution in [0.1, 0.15) is 37.0 Å². The minimum atomic E-state index is -0.144. The molecule has 0 radical (unpaired) electrons. The van der Waals surface area contributed by atoms with Crippen LogP contribution in [0.25, 0.3) is 11.3 Å². The van der Waals surface area contributed by atoms with E-state index in [4.69, 9.17) is 14.2 Å². The Hall–Kier alpha value is -2.54. The molecule has 0 unspecified atom stereocenters. The zero-order valence-corrected chi connectivity index (χ0v) is 16.2. The number of nitrogens with zero attached hydrogens (tertiary/aromatic N) is 2. The maximum atomic E-state index is 12.6. The number of carbonyl (C=O) groups excluding carboxylic acids is 1. The van der Waals surface area contributed by atoms with Crippen LogP contribution in [0.4, 0.5) is 0 Å². The lowest BCUT2D eigenvalue weighted by Crippen LogP contribution is -2.25. The highest BCUT2D eigenvalue weighted by atomic mass is 16.5. The normalized spacial score (nSPS) is 13.5. The van der Waals surface area contributed by atoms with Crippen molar-refractivity contribution in [1.29, 1.82) is 0 Å². The second kappa shape index (κ2) is 8.90. The summed E-state index contributed by atoms with van der Waals surface area (Å²) in [5, 5.41) is 7.42. The Kier molecular flexibility index (Phi) is 6.34. The quantitative estimate of drug-likeness (QED) is 0.756. The molecule has 0 saturated carbocycles. The van der Waals surface area contributed by atoms with Crippen LogP contribution in [0, 0.1) is 0 Å².